The van der Waals surface area contributed by atoms with Crippen LogP contribution >= 0.6 is 0 Å². The summed E-state index contributed by atoms with van der Waals surface area (Å²) in [4.78, 5) is 33.1. The fraction of sp³-hybridized carbons (Fsp3) is 0.292. The standard InChI is InChI=1S/C24H25N5O2/c1-17-9-6-7-13-19(17)27-15-16-28-20-21(25-23(27)28)26(2)24(31)29(22(20)30)14-8-12-18-10-4-3-5-11-18/h3-7,9-11,13H,8,12,14-16H2,1-2H3. The Morgan fingerprint density at radius 1 is 0.968 bits per heavy atom. The van der Waals surface area contributed by atoms with Gasteiger partial charge in [-0.2, -0.15) is 4.98 Å². The molecular formula is C24H25N5O2. The Hall–Kier alpha value is -3.61. The van der Waals surface area contributed by atoms with Crippen LogP contribution in [0, 0.1) is 6.92 Å². The van der Waals surface area contributed by atoms with Crippen molar-refractivity contribution in [2.24, 2.45) is 7.05 Å². The molecule has 7 heteroatoms. The molecule has 4 aromatic rings. The van der Waals surface area contributed by atoms with Gasteiger partial charge in [0.25, 0.3) is 5.56 Å². The van der Waals surface area contributed by atoms with E-state index in [1.54, 1.807) is 7.05 Å². The first kappa shape index (κ1) is 19.4. The Labute approximate surface area is 179 Å². The topological polar surface area (TPSA) is 65.1 Å². The lowest BCUT2D eigenvalue weighted by Crippen LogP contribution is -2.39. The van der Waals surface area contributed by atoms with Crippen LogP contribution in [0.5, 0.6) is 0 Å². The largest absolute Gasteiger partial charge is 0.332 e. The van der Waals surface area contributed by atoms with Crippen molar-refractivity contribution < 1.29 is 0 Å². The number of hydrogen-bond donors (Lipinski definition) is 0. The molecule has 0 saturated carbocycles. The molecule has 0 radical (unpaired) electrons. The predicted octanol–water partition coefficient (Wildman–Crippen LogP) is 2.99. The molecule has 1 aliphatic heterocycles. The van der Waals surface area contributed by atoms with Gasteiger partial charge < -0.3 is 9.47 Å². The minimum Gasteiger partial charge on any atom is -0.310 e. The molecule has 0 fully saturated rings. The number of benzene rings is 2. The molecular weight excluding hydrogens is 390 g/mol. The van der Waals surface area contributed by atoms with Gasteiger partial charge in [-0.3, -0.25) is 13.9 Å². The first-order chi connectivity index (χ1) is 15.1. The van der Waals surface area contributed by atoms with Crippen LogP contribution in [0.25, 0.3) is 11.2 Å². The van der Waals surface area contributed by atoms with E-state index in [0.29, 0.717) is 24.3 Å². The van der Waals surface area contributed by atoms with Crippen molar-refractivity contribution in [3.63, 3.8) is 0 Å². The molecule has 0 N–H and O–H groups in total. The van der Waals surface area contributed by atoms with Gasteiger partial charge in [0.2, 0.25) is 5.95 Å². The van der Waals surface area contributed by atoms with E-state index in [1.807, 2.05) is 34.9 Å². The Kier molecular flexibility index (Phi) is 4.73. The van der Waals surface area contributed by atoms with Crippen LogP contribution in [-0.2, 0) is 26.6 Å². The van der Waals surface area contributed by atoms with Gasteiger partial charge in [0.1, 0.15) is 0 Å². The number of hydrogen-bond acceptors (Lipinski definition) is 4. The predicted molar refractivity (Wildman–Crippen MR) is 122 cm³/mol. The fourth-order valence-corrected chi connectivity index (χ4v) is 4.46. The van der Waals surface area contributed by atoms with Crippen LogP contribution in [-0.4, -0.2) is 25.2 Å². The number of rotatable bonds is 5. The van der Waals surface area contributed by atoms with Crippen LogP contribution < -0.4 is 16.1 Å². The van der Waals surface area contributed by atoms with E-state index in [-0.39, 0.29) is 11.2 Å². The molecule has 0 amide bonds. The van der Waals surface area contributed by atoms with E-state index < -0.39 is 0 Å². The lowest BCUT2D eigenvalue weighted by Gasteiger charge is -2.18. The molecule has 5 rings (SSSR count). The minimum atomic E-state index is -0.315. The van der Waals surface area contributed by atoms with Crippen molar-refractivity contribution in [3.05, 3.63) is 86.6 Å². The van der Waals surface area contributed by atoms with Crippen molar-refractivity contribution in [1.29, 1.82) is 0 Å². The van der Waals surface area contributed by atoms with E-state index >= 15 is 0 Å². The number of para-hydroxylation sites is 1. The summed E-state index contributed by atoms with van der Waals surface area (Å²) in [7, 11) is 1.69. The van der Waals surface area contributed by atoms with Crippen LogP contribution in [0.2, 0.25) is 0 Å². The van der Waals surface area contributed by atoms with Crippen LogP contribution in [0.15, 0.2) is 64.2 Å². The summed E-state index contributed by atoms with van der Waals surface area (Å²) in [6.45, 7) is 3.87. The van der Waals surface area contributed by atoms with Crippen molar-refractivity contribution in [2.75, 3.05) is 11.4 Å². The van der Waals surface area contributed by atoms with Gasteiger partial charge >= 0.3 is 5.69 Å². The number of nitrogens with zero attached hydrogens (tertiary/aromatic N) is 5. The molecule has 0 unspecified atom stereocenters. The second-order valence-electron chi connectivity index (χ2n) is 8.06. The van der Waals surface area contributed by atoms with Gasteiger partial charge in [-0.1, -0.05) is 48.5 Å². The third-order valence-corrected chi connectivity index (χ3v) is 6.10. The zero-order valence-electron chi connectivity index (χ0n) is 17.8. The maximum Gasteiger partial charge on any atom is 0.332 e. The summed E-state index contributed by atoms with van der Waals surface area (Å²) in [5.41, 5.74) is 3.81. The molecule has 0 aliphatic carbocycles. The van der Waals surface area contributed by atoms with E-state index in [2.05, 4.69) is 36.1 Å². The van der Waals surface area contributed by atoms with E-state index in [9.17, 15) is 9.59 Å². The smallest absolute Gasteiger partial charge is 0.310 e. The highest BCUT2D eigenvalue weighted by molar-refractivity contribution is 5.78. The summed E-state index contributed by atoms with van der Waals surface area (Å²) in [6, 6.07) is 18.3. The van der Waals surface area contributed by atoms with Gasteiger partial charge in [-0.25, -0.2) is 4.79 Å². The number of aryl methyl sites for hydroxylation is 3. The van der Waals surface area contributed by atoms with Gasteiger partial charge in [-0.05, 0) is 37.0 Å². The molecule has 31 heavy (non-hydrogen) atoms. The zero-order chi connectivity index (χ0) is 21.5. The number of fused-ring (bicyclic) bond motifs is 3. The third kappa shape index (κ3) is 3.17. The molecule has 0 saturated heterocycles. The summed E-state index contributed by atoms with van der Waals surface area (Å²) in [5.74, 6) is 0.721. The summed E-state index contributed by atoms with van der Waals surface area (Å²) in [5, 5.41) is 0. The third-order valence-electron chi connectivity index (χ3n) is 6.10. The summed E-state index contributed by atoms with van der Waals surface area (Å²) < 4.78 is 4.81. The number of imidazole rings is 1. The van der Waals surface area contributed by atoms with Crippen LogP contribution in [0.3, 0.4) is 0 Å². The van der Waals surface area contributed by atoms with Gasteiger partial charge in [-0.15, -0.1) is 0 Å². The van der Waals surface area contributed by atoms with Crippen molar-refractivity contribution in [3.8, 4) is 0 Å². The van der Waals surface area contributed by atoms with Crippen molar-refractivity contribution >= 4 is 22.8 Å². The average Bonchev–Trinajstić information content (AvgIpc) is 3.35. The summed E-state index contributed by atoms with van der Waals surface area (Å²) in [6.07, 6.45) is 1.54. The molecule has 7 nitrogen and oxygen atoms in total. The van der Waals surface area contributed by atoms with Crippen LogP contribution in [0.1, 0.15) is 17.5 Å². The normalized spacial score (nSPS) is 13.2. The Morgan fingerprint density at radius 3 is 2.48 bits per heavy atom. The molecule has 0 atom stereocenters. The van der Waals surface area contributed by atoms with Crippen LogP contribution in [0.4, 0.5) is 11.6 Å². The molecule has 0 bridgehead atoms. The lowest BCUT2D eigenvalue weighted by molar-refractivity contribution is 0.570. The molecule has 0 spiro atoms. The number of aromatic nitrogens is 4. The molecule has 2 aromatic carbocycles. The molecule has 3 heterocycles. The SMILES string of the molecule is Cc1ccccc1N1CCn2c1nc1c2c(=O)n(CCCc2ccccc2)c(=O)n1C. The number of anilines is 2. The first-order valence-electron chi connectivity index (χ1n) is 10.6. The van der Waals surface area contributed by atoms with Gasteiger partial charge in [0.15, 0.2) is 11.2 Å². The maximum atomic E-state index is 13.3. The highest BCUT2D eigenvalue weighted by Crippen LogP contribution is 2.33. The van der Waals surface area contributed by atoms with E-state index in [4.69, 9.17) is 4.98 Å². The fourth-order valence-electron chi connectivity index (χ4n) is 4.46. The minimum absolute atomic E-state index is 0.253. The highest BCUT2D eigenvalue weighted by Gasteiger charge is 2.29. The lowest BCUT2D eigenvalue weighted by atomic mass is 10.1. The van der Waals surface area contributed by atoms with Gasteiger partial charge in [0.05, 0.1) is 0 Å². The second-order valence-corrected chi connectivity index (χ2v) is 8.06. The van der Waals surface area contributed by atoms with Crippen molar-refractivity contribution in [1.82, 2.24) is 18.7 Å². The zero-order valence-corrected chi connectivity index (χ0v) is 17.8. The quantitative estimate of drug-likeness (QED) is 0.503. The summed E-state index contributed by atoms with van der Waals surface area (Å²) >= 11 is 0. The Bertz CT molecular complexity index is 1380. The second kappa shape index (κ2) is 7.58. The Morgan fingerprint density at radius 2 is 1.71 bits per heavy atom. The molecule has 1 aliphatic rings. The van der Waals surface area contributed by atoms with E-state index in [1.165, 1.54) is 14.7 Å². The van der Waals surface area contributed by atoms with E-state index in [0.717, 1.165) is 36.6 Å². The van der Waals surface area contributed by atoms with Gasteiger partial charge in [0, 0.05) is 32.4 Å². The molecule has 158 valence electrons. The Balaban J connectivity index is 1.54. The highest BCUT2D eigenvalue weighted by atomic mass is 16.2. The van der Waals surface area contributed by atoms with Crippen molar-refractivity contribution in [2.45, 2.75) is 32.9 Å². The average molecular weight is 415 g/mol. The molecule has 2 aromatic heterocycles. The first-order valence-corrected chi connectivity index (χ1v) is 10.6. The maximum absolute atomic E-state index is 13.3. The monoisotopic (exact) mass is 415 g/mol.